The predicted molar refractivity (Wildman–Crippen MR) is 76.6 cm³/mol. The van der Waals surface area contributed by atoms with Gasteiger partial charge in [0.25, 0.3) is 0 Å². The molecule has 1 aliphatic rings. The molecular formula is C13H19ClN2O2S. The van der Waals surface area contributed by atoms with E-state index in [0.29, 0.717) is 5.02 Å². The molecule has 2 atom stereocenters. The third-order valence-electron chi connectivity index (χ3n) is 3.48. The molecule has 1 aromatic carbocycles. The van der Waals surface area contributed by atoms with Crippen molar-refractivity contribution >= 4 is 21.6 Å². The van der Waals surface area contributed by atoms with Gasteiger partial charge in [0.2, 0.25) is 10.0 Å². The van der Waals surface area contributed by atoms with E-state index in [1.807, 2.05) is 0 Å². The van der Waals surface area contributed by atoms with Gasteiger partial charge in [0.15, 0.2) is 0 Å². The molecule has 0 radical (unpaired) electrons. The second-order valence-electron chi connectivity index (χ2n) is 4.99. The Labute approximate surface area is 119 Å². The van der Waals surface area contributed by atoms with Crippen LogP contribution in [0.1, 0.15) is 32.1 Å². The predicted octanol–water partition coefficient (Wildman–Crippen LogP) is 2.28. The van der Waals surface area contributed by atoms with Crippen LogP contribution in [0.5, 0.6) is 0 Å². The van der Waals surface area contributed by atoms with E-state index in [4.69, 9.17) is 17.3 Å². The van der Waals surface area contributed by atoms with Crippen molar-refractivity contribution in [2.24, 2.45) is 5.73 Å². The average molecular weight is 303 g/mol. The number of hydrogen-bond acceptors (Lipinski definition) is 3. The van der Waals surface area contributed by atoms with Crippen molar-refractivity contribution in [1.29, 1.82) is 0 Å². The SMILES string of the molecule is NC1CCCCCC1NS(=O)(=O)c1cccc(Cl)c1. The summed E-state index contributed by atoms with van der Waals surface area (Å²) < 4.78 is 27.3. The molecule has 2 rings (SSSR count). The van der Waals surface area contributed by atoms with Crippen molar-refractivity contribution < 1.29 is 8.42 Å². The Morgan fingerprint density at radius 2 is 1.95 bits per heavy atom. The molecule has 0 saturated heterocycles. The van der Waals surface area contributed by atoms with Crippen LogP contribution in [0.2, 0.25) is 5.02 Å². The van der Waals surface area contributed by atoms with Crippen LogP contribution in [0.15, 0.2) is 29.2 Å². The Morgan fingerprint density at radius 3 is 2.68 bits per heavy atom. The fraction of sp³-hybridized carbons (Fsp3) is 0.538. The highest BCUT2D eigenvalue weighted by Crippen LogP contribution is 2.20. The van der Waals surface area contributed by atoms with Crippen molar-refractivity contribution in [3.63, 3.8) is 0 Å². The standard InChI is InChI=1S/C13H19ClN2O2S/c14-10-5-4-6-11(9-10)19(17,18)16-13-8-3-1-2-7-12(13)15/h4-6,9,12-13,16H,1-3,7-8,15H2. The van der Waals surface area contributed by atoms with Crippen LogP contribution in [-0.4, -0.2) is 20.5 Å². The van der Waals surface area contributed by atoms with Crippen LogP contribution in [-0.2, 0) is 10.0 Å². The van der Waals surface area contributed by atoms with Crippen molar-refractivity contribution in [3.8, 4) is 0 Å². The highest BCUT2D eigenvalue weighted by Gasteiger charge is 2.26. The minimum Gasteiger partial charge on any atom is -0.326 e. The summed E-state index contributed by atoms with van der Waals surface area (Å²) in [6.45, 7) is 0. The quantitative estimate of drug-likeness (QED) is 0.841. The summed E-state index contributed by atoms with van der Waals surface area (Å²) >= 11 is 5.83. The van der Waals surface area contributed by atoms with Gasteiger partial charge in [-0.05, 0) is 31.0 Å². The van der Waals surface area contributed by atoms with Gasteiger partial charge in [0, 0.05) is 17.1 Å². The molecule has 0 aliphatic heterocycles. The molecule has 1 fully saturated rings. The number of sulfonamides is 1. The van der Waals surface area contributed by atoms with Gasteiger partial charge >= 0.3 is 0 Å². The number of halogens is 1. The summed E-state index contributed by atoms with van der Waals surface area (Å²) in [5.74, 6) is 0. The van der Waals surface area contributed by atoms with Gasteiger partial charge in [-0.3, -0.25) is 0 Å². The van der Waals surface area contributed by atoms with Gasteiger partial charge in [-0.15, -0.1) is 0 Å². The lowest BCUT2D eigenvalue weighted by Gasteiger charge is -2.22. The van der Waals surface area contributed by atoms with E-state index < -0.39 is 10.0 Å². The first-order valence-electron chi connectivity index (χ1n) is 6.52. The number of benzene rings is 1. The molecule has 4 nitrogen and oxygen atoms in total. The Kier molecular flexibility index (Phi) is 4.84. The zero-order valence-electron chi connectivity index (χ0n) is 10.7. The number of hydrogen-bond donors (Lipinski definition) is 2. The van der Waals surface area contributed by atoms with E-state index in [1.165, 1.54) is 12.1 Å². The molecule has 2 unspecified atom stereocenters. The Bertz CT molecular complexity index is 533. The van der Waals surface area contributed by atoms with Crippen LogP contribution in [0.25, 0.3) is 0 Å². The maximum atomic E-state index is 12.3. The first kappa shape index (κ1) is 14.8. The Balaban J connectivity index is 2.16. The van der Waals surface area contributed by atoms with Crippen molar-refractivity contribution in [1.82, 2.24) is 4.72 Å². The largest absolute Gasteiger partial charge is 0.326 e. The monoisotopic (exact) mass is 302 g/mol. The van der Waals surface area contributed by atoms with Crippen LogP contribution >= 0.6 is 11.6 Å². The van der Waals surface area contributed by atoms with Crippen LogP contribution < -0.4 is 10.5 Å². The Hall–Kier alpha value is -0.620. The first-order valence-corrected chi connectivity index (χ1v) is 8.38. The van der Waals surface area contributed by atoms with Gasteiger partial charge in [-0.1, -0.05) is 36.9 Å². The molecular weight excluding hydrogens is 284 g/mol. The summed E-state index contributed by atoms with van der Waals surface area (Å²) in [4.78, 5) is 0.191. The maximum absolute atomic E-state index is 12.3. The van der Waals surface area contributed by atoms with E-state index >= 15 is 0 Å². The topological polar surface area (TPSA) is 72.2 Å². The lowest BCUT2D eigenvalue weighted by Crippen LogP contribution is -2.46. The number of nitrogens with one attached hydrogen (secondary N) is 1. The molecule has 0 heterocycles. The zero-order valence-corrected chi connectivity index (χ0v) is 12.3. The van der Waals surface area contributed by atoms with Gasteiger partial charge < -0.3 is 5.73 Å². The molecule has 1 aliphatic carbocycles. The fourth-order valence-electron chi connectivity index (χ4n) is 2.38. The van der Waals surface area contributed by atoms with Crippen molar-refractivity contribution in [3.05, 3.63) is 29.3 Å². The smallest absolute Gasteiger partial charge is 0.240 e. The highest BCUT2D eigenvalue weighted by atomic mass is 35.5. The highest BCUT2D eigenvalue weighted by molar-refractivity contribution is 7.89. The normalized spacial score (nSPS) is 24.9. The molecule has 0 amide bonds. The molecule has 0 aromatic heterocycles. The van der Waals surface area contributed by atoms with Crippen LogP contribution in [0, 0.1) is 0 Å². The van der Waals surface area contributed by atoms with Gasteiger partial charge in [-0.2, -0.15) is 0 Å². The van der Waals surface area contributed by atoms with Crippen LogP contribution in [0.4, 0.5) is 0 Å². The minimum absolute atomic E-state index is 0.114. The van der Waals surface area contributed by atoms with E-state index in [1.54, 1.807) is 12.1 Å². The lowest BCUT2D eigenvalue weighted by atomic mass is 10.1. The minimum atomic E-state index is -3.55. The number of nitrogens with two attached hydrogens (primary N) is 1. The first-order chi connectivity index (χ1) is 8.99. The molecule has 1 aromatic rings. The summed E-state index contributed by atoms with van der Waals surface area (Å²) in [5, 5.41) is 0.410. The van der Waals surface area contributed by atoms with Gasteiger partial charge in [0.1, 0.15) is 0 Å². The summed E-state index contributed by atoms with van der Waals surface area (Å²) in [5.41, 5.74) is 6.04. The van der Waals surface area contributed by atoms with E-state index in [2.05, 4.69) is 4.72 Å². The molecule has 0 spiro atoms. The molecule has 0 bridgehead atoms. The van der Waals surface area contributed by atoms with Crippen molar-refractivity contribution in [2.45, 2.75) is 49.1 Å². The average Bonchev–Trinajstić information content (AvgIpc) is 2.55. The summed E-state index contributed by atoms with van der Waals surface area (Å²) in [6, 6.07) is 5.97. The molecule has 6 heteroatoms. The second-order valence-corrected chi connectivity index (χ2v) is 7.14. The molecule has 106 valence electrons. The summed E-state index contributed by atoms with van der Waals surface area (Å²) in [7, 11) is -3.55. The Morgan fingerprint density at radius 1 is 1.21 bits per heavy atom. The second kappa shape index (κ2) is 6.22. The third kappa shape index (κ3) is 3.92. The maximum Gasteiger partial charge on any atom is 0.240 e. The van der Waals surface area contributed by atoms with Crippen molar-refractivity contribution in [2.75, 3.05) is 0 Å². The third-order valence-corrected chi connectivity index (χ3v) is 5.21. The van der Waals surface area contributed by atoms with E-state index in [-0.39, 0.29) is 17.0 Å². The molecule has 1 saturated carbocycles. The van der Waals surface area contributed by atoms with E-state index in [9.17, 15) is 8.42 Å². The molecule has 3 N–H and O–H groups in total. The van der Waals surface area contributed by atoms with Gasteiger partial charge in [0.05, 0.1) is 4.90 Å². The zero-order chi connectivity index (χ0) is 13.9. The summed E-state index contributed by atoms with van der Waals surface area (Å²) in [6.07, 6.45) is 4.85. The fourth-order valence-corrected chi connectivity index (χ4v) is 4.01. The van der Waals surface area contributed by atoms with E-state index in [0.717, 1.165) is 32.1 Å². The lowest BCUT2D eigenvalue weighted by molar-refractivity contribution is 0.456. The molecule has 19 heavy (non-hydrogen) atoms. The number of rotatable bonds is 3. The van der Waals surface area contributed by atoms with Crippen LogP contribution in [0.3, 0.4) is 0 Å². The van der Waals surface area contributed by atoms with Gasteiger partial charge in [-0.25, -0.2) is 13.1 Å².